The Balaban J connectivity index is 2.65. The molecular formula is C8H15NOSi. The number of hydrogen-bond acceptors (Lipinski definition) is 2. The fourth-order valence-electron chi connectivity index (χ4n) is 1.02. The predicted molar refractivity (Wildman–Crippen MR) is 48.3 cm³/mol. The van der Waals surface area contributed by atoms with E-state index < -0.39 is 8.07 Å². The SMILES string of the molecule is Cc1cc(C[Si](C)(C)C)on1. The first-order valence-electron chi connectivity index (χ1n) is 3.89. The van der Waals surface area contributed by atoms with E-state index in [9.17, 15) is 0 Å². The standard InChI is InChI=1S/C8H15NOSi/c1-7-5-8(10-9-7)6-11(2,3)4/h5H,6H2,1-4H3. The maximum atomic E-state index is 5.13. The second-order valence-electron chi connectivity index (χ2n) is 4.17. The summed E-state index contributed by atoms with van der Waals surface area (Å²) in [6.45, 7) is 8.93. The van der Waals surface area contributed by atoms with E-state index in [1.54, 1.807) is 0 Å². The van der Waals surface area contributed by atoms with Crippen LogP contribution < -0.4 is 0 Å². The zero-order valence-electron chi connectivity index (χ0n) is 7.64. The Morgan fingerprint density at radius 3 is 2.45 bits per heavy atom. The molecule has 0 N–H and O–H groups in total. The molecule has 2 nitrogen and oxygen atoms in total. The van der Waals surface area contributed by atoms with Crippen LogP contribution in [0.3, 0.4) is 0 Å². The lowest BCUT2D eigenvalue weighted by Crippen LogP contribution is -2.23. The average molecular weight is 169 g/mol. The van der Waals surface area contributed by atoms with Crippen molar-refractivity contribution in [3.8, 4) is 0 Å². The molecule has 0 bridgehead atoms. The largest absolute Gasteiger partial charge is 0.361 e. The quantitative estimate of drug-likeness (QED) is 0.635. The summed E-state index contributed by atoms with van der Waals surface area (Å²) in [5, 5.41) is 3.85. The second kappa shape index (κ2) is 2.81. The first kappa shape index (κ1) is 8.52. The van der Waals surface area contributed by atoms with E-state index >= 15 is 0 Å². The van der Waals surface area contributed by atoms with Gasteiger partial charge < -0.3 is 4.52 Å². The molecule has 0 radical (unpaired) electrons. The van der Waals surface area contributed by atoms with Gasteiger partial charge in [-0.15, -0.1) is 0 Å². The summed E-state index contributed by atoms with van der Waals surface area (Å²) in [6, 6.07) is 3.12. The summed E-state index contributed by atoms with van der Waals surface area (Å²) >= 11 is 0. The lowest BCUT2D eigenvalue weighted by molar-refractivity contribution is 0.389. The van der Waals surface area contributed by atoms with E-state index in [2.05, 4.69) is 24.8 Å². The third-order valence-electron chi connectivity index (χ3n) is 1.38. The fourth-order valence-corrected chi connectivity index (χ4v) is 2.23. The third-order valence-corrected chi connectivity index (χ3v) is 2.79. The van der Waals surface area contributed by atoms with Crippen molar-refractivity contribution in [1.82, 2.24) is 5.16 Å². The maximum absolute atomic E-state index is 5.13. The molecule has 0 amide bonds. The normalized spacial score (nSPS) is 12.0. The van der Waals surface area contributed by atoms with E-state index in [0.717, 1.165) is 17.5 Å². The molecule has 0 spiro atoms. The van der Waals surface area contributed by atoms with Crippen LogP contribution in [0, 0.1) is 6.92 Å². The van der Waals surface area contributed by atoms with Gasteiger partial charge in [-0.3, -0.25) is 0 Å². The zero-order valence-corrected chi connectivity index (χ0v) is 8.64. The molecule has 0 fully saturated rings. The molecule has 3 heteroatoms. The summed E-state index contributed by atoms with van der Waals surface area (Å²) in [4.78, 5) is 0. The van der Waals surface area contributed by atoms with Gasteiger partial charge in [0, 0.05) is 12.1 Å². The van der Waals surface area contributed by atoms with E-state index in [4.69, 9.17) is 4.52 Å². The smallest absolute Gasteiger partial charge is 0.134 e. The number of rotatable bonds is 2. The molecule has 1 rings (SSSR count). The number of hydrogen-bond donors (Lipinski definition) is 0. The third kappa shape index (κ3) is 2.88. The van der Waals surface area contributed by atoms with Gasteiger partial charge in [0.2, 0.25) is 0 Å². The minimum absolute atomic E-state index is 0.984. The lowest BCUT2D eigenvalue weighted by atomic mass is 10.4. The fraction of sp³-hybridized carbons (Fsp3) is 0.625. The molecule has 62 valence electrons. The van der Waals surface area contributed by atoms with E-state index in [-0.39, 0.29) is 0 Å². The van der Waals surface area contributed by atoms with Crippen LogP contribution in [-0.2, 0) is 6.04 Å². The van der Waals surface area contributed by atoms with Crippen molar-refractivity contribution in [2.24, 2.45) is 0 Å². The van der Waals surface area contributed by atoms with Crippen LogP contribution in [-0.4, -0.2) is 13.2 Å². The van der Waals surface area contributed by atoms with Crippen LogP contribution in [0.15, 0.2) is 10.6 Å². The zero-order chi connectivity index (χ0) is 8.48. The Morgan fingerprint density at radius 2 is 2.09 bits per heavy atom. The first-order valence-corrected chi connectivity index (χ1v) is 7.60. The van der Waals surface area contributed by atoms with Gasteiger partial charge in [-0.2, -0.15) is 0 Å². The van der Waals surface area contributed by atoms with Crippen LogP contribution in [0.2, 0.25) is 19.6 Å². The highest BCUT2D eigenvalue weighted by Gasteiger charge is 2.16. The maximum Gasteiger partial charge on any atom is 0.134 e. The Bertz CT molecular complexity index is 236. The van der Waals surface area contributed by atoms with Crippen LogP contribution >= 0.6 is 0 Å². The van der Waals surface area contributed by atoms with Crippen molar-refractivity contribution in [2.45, 2.75) is 32.6 Å². The van der Waals surface area contributed by atoms with Crippen molar-refractivity contribution in [1.29, 1.82) is 0 Å². The number of nitrogens with zero attached hydrogens (tertiary/aromatic N) is 1. The minimum Gasteiger partial charge on any atom is -0.361 e. The molecule has 0 aromatic carbocycles. The van der Waals surface area contributed by atoms with Gasteiger partial charge in [-0.05, 0) is 6.92 Å². The summed E-state index contributed by atoms with van der Waals surface area (Å²) in [7, 11) is -1.02. The number of aromatic nitrogens is 1. The highest BCUT2D eigenvalue weighted by atomic mass is 28.3. The first-order chi connectivity index (χ1) is 4.97. The summed E-state index contributed by atoms with van der Waals surface area (Å²) in [6.07, 6.45) is 0. The Labute approximate surface area is 68.6 Å². The molecule has 0 unspecified atom stereocenters. The second-order valence-corrected chi connectivity index (χ2v) is 9.65. The highest BCUT2D eigenvalue weighted by Crippen LogP contribution is 2.11. The topological polar surface area (TPSA) is 26.0 Å². The molecule has 0 atom stereocenters. The van der Waals surface area contributed by atoms with Gasteiger partial charge in [0.15, 0.2) is 0 Å². The average Bonchev–Trinajstić information content (AvgIpc) is 2.10. The van der Waals surface area contributed by atoms with Gasteiger partial charge in [-0.25, -0.2) is 0 Å². The molecule has 0 saturated heterocycles. The van der Waals surface area contributed by atoms with Crippen molar-refractivity contribution >= 4 is 8.07 Å². The molecule has 0 aliphatic heterocycles. The van der Waals surface area contributed by atoms with Gasteiger partial charge in [0.25, 0.3) is 0 Å². The van der Waals surface area contributed by atoms with E-state index in [1.165, 1.54) is 0 Å². The summed E-state index contributed by atoms with van der Waals surface area (Å²) in [5.41, 5.74) is 0.984. The van der Waals surface area contributed by atoms with Crippen LogP contribution in [0.1, 0.15) is 11.5 Å². The monoisotopic (exact) mass is 169 g/mol. The van der Waals surface area contributed by atoms with Crippen LogP contribution in [0.25, 0.3) is 0 Å². The van der Waals surface area contributed by atoms with Crippen molar-refractivity contribution in [3.63, 3.8) is 0 Å². The molecule has 0 aliphatic carbocycles. The molecule has 0 aliphatic rings. The number of aryl methyl sites for hydroxylation is 1. The van der Waals surface area contributed by atoms with Gasteiger partial charge >= 0.3 is 0 Å². The van der Waals surface area contributed by atoms with Gasteiger partial charge in [0.1, 0.15) is 5.76 Å². The van der Waals surface area contributed by atoms with E-state index in [1.807, 2.05) is 13.0 Å². The van der Waals surface area contributed by atoms with Crippen LogP contribution in [0.5, 0.6) is 0 Å². The van der Waals surface area contributed by atoms with Crippen LogP contribution in [0.4, 0.5) is 0 Å². The molecule has 0 saturated carbocycles. The Morgan fingerprint density at radius 1 is 1.45 bits per heavy atom. The summed E-state index contributed by atoms with van der Waals surface area (Å²) < 4.78 is 5.13. The molecule has 1 heterocycles. The van der Waals surface area contributed by atoms with Crippen molar-refractivity contribution in [3.05, 3.63) is 17.5 Å². The molecule has 1 aromatic rings. The molecular weight excluding hydrogens is 154 g/mol. The Hall–Kier alpha value is -0.573. The molecule has 1 aromatic heterocycles. The lowest BCUT2D eigenvalue weighted by Gasteiger charge is -2.11. The Kier molecular flexibility index (Phi) is 2.18. The van der Waals surface area contributed by atoms with Crippen molar-refractivity contribution in [2.75, 3.05) is 0 Å². The van der Waals surface area contributed by atoms with Crippen molar-refractivity contribution < 1.29 is 4.52 Å². The molecule has 11 heavy (non-hydrogen) atoms. The predicted octanol–water partition coefficient (Wildman–Crippen LogP) is 2.40. The highest BCUT2D eigenvalue weighted by molar-refractivity contribution is 6.75. The summed E-state index contributed by atoms with van der Waals surface area (Å²) in [5.74, 6) is 1.04. The minimum atomic E-state index is -1.02. The van der Waals surface area contributed by atoms with E-state index in [0.29, 0.717) is 0 Å². The van der Waals surface area contributed by atoms with Gasteiger partial charge in [0.05, 0.1) is 13.8 Å². The van der Waals surface area contributed by atoms with Gasteiger partial charge in [-0.1, -0.05) is 24.8 Å².